The van der Waals surface area contributed by atoms with Crippen LogP contribution >= 0.6 is 55.8 Å². The minimum atomic E-state index is -0.178. The number of carbonyl (C=O) groups is 1. The first kappa shape index (κ1) is 14.0. The van der Waals surface area contributed by atoms with E-state index in [0.29, 0.717) is 15.0 Å². The number of halogens is 2. The minimum Gasteiger partial charge on any atom is -0.495 e. The Bertz CT molecular complexity index is 572. The molecule has 1 aromatic carbocycles. The lowest BCUT2D eigenvalue weighted by Gasteiger charge is -2.08. The second kappa shape index (κ2) is 5.73. The summed E-state index contributed by atoms with van der Waals surface area (Å²) in [7, 11) is 1.59. The molecule has 1 aromatic rings. The summed E-state index contributed by atoms with van der Waals surface area (Å²) in [5, 5.41) is 2.58. The molecule has 1 aliphatic heterocycles. The van der Waals surface area contributed by atoms with E-state index < -0.39 is 0 Å². The van der Waals surface area contributed by atoms with Crippen molar-refractivity contribution in [3.8, 4) is 5.75 Å². The van der Waals surface area contributed by atoms with Crippen LogP contribution in [-0.4, -0.2) is 17.3 Å². The summed E-state index contributed by atoms with van der Waals surface area (Å²) < 4.78 is 7.50. The maximum Gasteiger partial charge on any atom is 0.263 e. The second-order valence-corrected chi connectivity index (χ2v) is 6.85. The van der Waals surface area contributed by atoms with Gasteiger partial charge in [0.15, 0.2) is 0 Å². The Kier molecular flexibility index (Phi) is 4.47. The number of hydrogen-bond acceptors (Lipinski definition) is 4. The summed E-state index contributed by atoms with van der Waals surface area (Å²) in [5.41, 5.74) is 0.807. The number of methoxy groups -OCH3 is 1. The predicted octanol–water partition coefficient (Wildman–Crippen LogP) is 3.71. The van der Waals surface area contributed by atoms with Crippen LogP contribution in [0.4, 0.5) is 0 Å². The Morgan fingerprint density at radius 3 is 2.72 bits per heavy atom. The van der Waals surface area contributed by atoms with Gasteiger partial charge in [-0.3, -0.25) is 4.79 Å². The number of rotatable bonds is 2. The number of benzene rings is 1. The Morgan fingerprint density at radius 1 is 1.44 bits per heavy atom. The van der Waals surface area contributed by atoms with Crippen molar-refractivity contribution in [2.75, 3.05) is 7.11 Å². The topological polar surface area (TPSA) is 38.3 Å². The van der Waals surface area contributed by atoms with Gasteiger partial charge in [0.1, 0.15) is 10.1 Å². The van der Waals surface area contributed by atoms with Crippen LogP contribution < -0.4 is 10.1 Å². The number of ether oxygens (including phenoxy) is 1. The van der Waals surface area contributed by atoms with E-state index in [0.717, 1.165) is 14.5 Å². The largest absolute Gasteiger partial charge is 0.495 e. The van der Waals surface area contributed by atoms with Crippen LogP contribution in [0.25, 0.3) is 6.08 Å². The Hall–Kier alpha value is -0.370. The fraction of sp³-hybridized carbons (Fsp3) is 0.0909. The molecular formula is C11H7Br2NO2S2. The van der Waals surface area contributed by atoms with Crippen molar-refractivity contribution in [1.29, 1.82) is 0 Å². The van der Waals surface area contributed by atoms with Gasteiger partial charge in [0.05, 0.1) is 16.5 Å². The fourth-order valence-electron chi connectivity index (χ4n) is 1.47. The van der Waals surface area contributed by atoms with E-state index in [2.05, 4.69) is 37.2 Å². The zero-order chi connectivity index (χ0) is 13.3. The molecule has 0 spiro atoms. The van der Waals surface area contributed by atoms with Crippen LogP contribution in [0, 0.1) is 0 Å². The zero-order valence-corrected chi connectivity index (χ0v) is 13.9. The third-order valence-electron chi connectivity index (χ3n) is 2.17. The number of thiocarbonyl (C=S) groups is 1. The smallest absolute Gasteiger partial charge is 0.263 e. The number of hydrogen-bond donors (Lipinski definition) is 1. The van der Waals surface area contributed by atoms with Gasteiger partial charge in [-0.1, -0.05) is 39.9 Å². The summed E-state index contributed by atoms with van der Waals surface area (Å²) in [5.74, 6) is 0.500. The van der Waals surface area contributed by atoms with Crippen LogP contribution in [0.15, 0.2) is 26.0 Å². The highest BCUT2D eigenvalue weighted by molar-refractivity contribution is 9.11. The highest BCUT2D eigenvalue weighted by Crippen LogP contribution is 2.36. The molecule has 3 nitrogen and oxygen atoms in total. The summed E-state index contributed by atoms with van der Waals surface area (Å²) in [6, 6.07) is 3.76. The highest BCUT2D eigenvalue weighted by Gasteiger charge is 2.22. The Morgan fingerprint density at radius 2 is 2.17 bits per heavy atom. The van der Waals surface area contributed by atoms with Gasteiger partial charge in [0, 0.05) is 10.0 Å². The third-order valence-corrected chi connectivity index (χ3v) is 4.38. The normalized spacial score (nSPS) is 17.2. The van der Waals surface area contributed by atoms with E-state index >= 15 is 0 Å². The third kappa shape index (κ3) is 2.96. The molecule has 18 heavy (non-hydrogen) atoms. The molecule has 1 heterocycles. The monoisotopic (exact) mass is 407 g/mol. The zero-order valence-electron chi connectivity index (χ0n) is 9.12. The summed E-state index contributed by atoms with van der Waals surface area (Å²) in [6.07, 6.45) is 1.76. The molecule has 2 rings (SSSR count). The average Bonchev–Trinajstić information content (AvgIpc) is 2.57. The Labute approximate surface area is 131 Å². The highest BCUT2D eigenvalue weighted by atomic mass is 79.9. The fourth-order valence-corrected chi connectivity index (χ4v) is 3.92. The average molecular weight is 409 g/mol. The predicted molar refractivity (Wildman–Crippen MR) is 84.7 cm³/mol. The number of amides is 1. The molecule has 0 saturated carbocycles. The van der Waals surface area contributed by atoms with Crippen molar-refractivity contribution in [3.05, 3.63) is 31.5 Å². The summed E-state index contributed by atoms with van der Waals surface area (Å²) >= 11 is 13.0. The van der Waals surface area contributed by atoms with E-state index in [9.17, 15) is 4.79 Å². The van der Waals surface area contributed by atoms with Crippen LogP contribution in [0.2, 0.25) is 0 Å². The maximum absolute atomic E-state index is 11.6. The molecule has 0 radical (unpaired) electrons. The molecular weight excluding hydrogens is 402 g/mol. The van der Waals surface area contributed by atoms with Gasteiger partial charge in [0.25, 0.3) is 5.91 Å². The van der Waals surface area contributed by atoms with Gasteiger partial charge in [-0.25, -0.2) is 0 Å². The van der Waals surface area contributed by atoms with Gasteiger partial charge in [-0.15, -0.1) is 0 Å². The molecule has 1 aliphatic rings. The number of nitrogens with one attached hydrogen (secondary N) is 1. The molecule has 1 N–H and O–H groups in total. The maximum atomic E-state index is 11.6. The van der Waals surface area contributed by atoms with Gasteiger partial charge in [-0.05, 0) is 34.1 Å². The first-order chi connectivity index (χ1) is 8.51. The SMILES string of the molecule is COc1c(Br)cc(Br)cc1C=C1SC(=S)NC1=O. The van der Waals surface area contributed by atoms with Gasteiger partial charge >= 0.3 is 0 Å². The number of thioether (sulfide) groups is 1. The van der Waals surface area contributed by atoms with E-state index in [4.69, 9.17) is 17.0 Å². The van der Waals surface area contributed by atoms with Crippen LogP contribution in [0.5, 0.6) is 5.75 Å². The van der Waals surface area contributed by atoms with Crippen LogP contribution in [-0.2, 0) is 4.79 Å². The lowest BCUT2D eigenvalue weighted by Crippen LogP contribution is -2.17. The summed E-state index contributed by atoms with van der Waals surface area (Å²) in [4.78, 5) is 12.2. The molecule has 0 bridgehead atoms. The van der Waals surface area contributed by atoms with Crippen molar-refractivity contribution in [2.45, 2.75) is 0 Å². The first-order valence-corrected chi connectivity index (χ1v) is 7.60. The lowest BCUT2D eigenvalue weighted by molar-refractivity contribution is -0.115. The molecule has 0 atom stereocenters. The quantitative estimate of drug-likeness (QED) is 0.598. The summed E-state index contributed by atoms with van der Waals surface area (Å²) in [6.45, 7) is 0. The van der Waals surface area contributed by atoms with Crippen molar-refractivity contribution in [3.63, 3.8) is 0 Å². The Balaban J connectivity index is 2.48. The molecule has 0 aromatic heterocycles. The molecule has 1 amide bonds. The standard InChI is InChI=1S/C11H7Br2NO2S2/c1-16-9-5(2-6(12)4-7(9)13)3-8-10(15)14-11(17)18-8/h2-4H,1H3,(H,14,15,17). The van der Waals surface area contributed by atoms with E-state index in [1.807, 2.05) is 12.1 Å². The van der Waals surface area contributed by atoms with Gasteiger partial charge in [-0.2, -0.15) is 0 Å². The van der Waals surface area contributed by atoms with Crippen molar-refractivity contribution < 1.29 is 9.53 Å². The minimum absolute atomic E-state index is 0.178. The molecule has 7 heteroatoms. The van der Waals surface area contributed by atoms with Crippen molar-refractivity contribution in [1.82, 2.24) is 5.32 Å². The second-order valence-electron chi connectivity index (χ2n) is 3.36. The van der Waals surface area contributed by atoms with Gasteiger partial charge in [0.2, 0.25) is 0 Å². The van der Waals surface area contributed by atoms with Crippen molar-refractivity contribution in [2.24, 2.45) is 0 Å². The van der Waals surface area contributed by atoms with Crippen LogP contribution in [0.1, 0.15) is 5.56 Å². The molecule has 1 saturated heterocycles. The number of carbonyl (C=O) groups excluding carboxylic acids is 1. The first-order valence-electron chi connectivity index (χ1n) is 4.79. The van der Waals surface area contributed by atoms with Crippen molar-refractivity contribution >= 4 is 72.1 Å². The molecule has 94 valence electrons. The molecule has 1 fully saturated rings. The van der Waals surface area contributed by atoms with E-state index in [1.54, 1.807) is 13.2 Å². The van der Waals surface area contributed by atoms with Gasteiger partial charge < -0.3 is 10.1 Å². The lowest BCUT2D eigenvalue weighted by atomic mass is 10.2. The molecule has 0 unspecified atom stereocenters. The van der Waals surface area contributed by atoms with Crippen LogP contribution in [0.3, 0.4) is 0 Å². The van der Waals surface area contributed by atoms with E-state index in [1.165, 1.54) is 11.8 Å². The van der Waals surface area contributed by atoms with E-state index in [-0.39, 0.29) is 5.91 Å². The molecule has 0 aliphatic carbocycles.